The SMILES string of the molecule is CCc1ccc(NCc2cccnc2C#N)cc1. The molecule has 1 aromatic heterocycles. The normalized spacial score (nSPS) is 9.78. The summed E-state index contributed by atoms with van der Waals surface area (Å²) in [6, 6.07) is 14.2. The zero-order valence-corrected chi connectivity index (χ0v) is 10.4. The van der Waals surface area contributed by atoms with Gasteiger partial charge in [-0.3, -0.25) is 0 Å². The highest BCUT2D eigenvalue weighted by molar-refractivity contribution is 5.46. The van der Waals surface area contributed by atoms with Gasteiger partial charge in [-0.25, -0.2) is 4.98 Å². The summed E-state index contributed by atoms with van der Waals surface area (Å²) in [6.45, 7) is 2.75. The van der Waals surface area contributed by atoms with Gasteiger partial charge >= 0.3 is 0 Å². The summed E-state index contributed by atoms with van der Waals surface area (Å²) < 4.78 is 0. The van der Waals surface area contributed by atoms with Crippen LogP contribution in [0.1, 0.15) is 23.7 Å². The van der Waals surface area contributed by atoms with Gasteiger partial charge in [-0.15, -0.1) is 0 Å². The predicted octanol–water partition coefficient (Wildman–Crippen LogP) is 3.13. The number of nitriles is 1. The molecule has 3 heteroatoms. The Kier molecular flexibility index (Phi) is 3.93. The summed E-state index contributed by atoms with van der Waals surface area (Å²) in [5.74, 6) is 0. The largest absolute Gasteiger partial charge is 0.381 e. The minimum atomic E-state index is 0.482. The maximum Gasteiger partial charge on any atom is 0.145 e. The molecule has 3 nitrogen and oxygen atoms in total. The Balaban J connectivity index is 2.05. The summed E-state index contributed by atoms with van der Waals surface area (Å²) in [5, 5.41) is 12.2. The van der Waals surface area contributed by atoms with Gasteiger partial charge in [0, 0.05) is 24.0 Å². The molecule has 0 bridgehead atoms. The third-order valence-electron chi connectivity index (χ3n) is 2.84. The van der Waals surface area contributed by atoms with Crippen molar-refractivity contribution in [3.05, 3.63) is 59.4 Å². The highest BCUT2D eigenvalue weighted by Gasteiger charge is 2.01. The van der Waals surface area contributed by atoms with Gasteiger partial charge in [0.1, 0.15) is 11.8 Å². The van der Waals surface area contributed by atoms with E-state index in [1.54, 1.807) is 6.20 Å². The molecule has 0 spiro atoms. The smallest absolute Gasteiger partial charge is 0.145 e. The quantitative estimate of drug-likeness (QED) is 0.888. The molecule has 0 fully saturated rings. The van der Waals surface area contributed by atoms with Gasteiger partial charge in [-0.2, -0.15) is 5.26 Å². The molecule has 0 amide bonds. The van der Waals surface area contributed by atoms with E-state index in [1.165, 1.54) is 5.56 Å². The summed E-state index contributed by atoms with van der Waals surface area (Å²) in [5.41, 5.74) is 3.77. The van der Waals surface area contributed by atoms with Gasteiger partial charge < -0.3 is 5.32 Å². The molecule has 1 heterocycles. The van der Waals surface area contributed by atoms with E-state index >= 15 is 0 Å². The average molecular weight is 237 g/mol. The van der Waals surface area contributed by atoms with Crippen LogP contribution in [-0.2, 0) is 13.0 Å². The lowest BCUT2D eigenvalue weighted by Gasteiger charge is -2.07. The van der Waals surface area contributed by atoms with Crippen LogP contribution < -0.4 is 5.32 Å². The fourth-order valence-corrected chi connectivity index (χ4v) is 1.74. The van der Waals surface area contributed by atoms with Crippen molar-refractivity contribution in [3.63, 3.8) is 0 Å². The van der Waals surface area contributed by atoms with Crippen molar-refractivity contribution >= 4 is 5.69 Å². The standard InChI is InChI=1S/C15H15N3/c1-2-12-5-7-14(8-6-12)18-11-13-4-3-9-17-15(13)10-16/h3-9,18H,2,11H2,1H3. The second-order valence-corrected chi connectivity index (χ2v) is 4.03. The topological polar surface area (TPSA) is 48.7 Å². The van der Waals surface area contributed by atoms with Crippen molar-refractivity contribution in [2.24, 2.45) is 0 Å². The molecule has 0 aliphatic rings. The van der Waals surface area contributed by atoms with Crippen molar-refractivity contribution in [3.8, 4) is 6.07 Å². The molecule has 2 aromatic rings. The Morgan fingerprint density at radius 1 is 1.22 bits per heavy atom. The Hall–Kier alpha value is -2.34. The fourth-order valence-electron chi connectivity index (χ4n) is 1.74. The number of aryl methyl sites for hydroxylation is 1. The van der Waals surface area contributed by atoms with Crippen molar-refractivity contribution in [1.82, 2.24) is 4.98 Å². The molecule has 0 radical (unpaired) electrons. The van der Waals surface area contributed by atoms with E-state index in [1.807, 2.05) is 12.1 Å². The number of rotatable bonds is 4. The minimum absolute atomic E-state index is 0.482. The maximum absolute atomic E-state index is 8.94. The molecule has 1 N–H and O–H groups in total. The van der Waals surface area contributed by atoms with E-state index in [0.29, 0.717) is 12.2 Å². The minimum Gasteiger partial charge on any atom is -0.381 e. The van der Waals surface area contributed by atoms with Crippen LogP contribution in [0.25, 0.3) is 0 Å². The molecule has 1 aromatic carbocycles. The maximum atomic E-state index is 8.94. The molecule has 90 valence electrons. The van der Waals surface area contributed by atoms with Crippen LogP contribution in [0.15, 0.2) is 42.6 Å². The van der Waals surface area contributed by atoms with E-state index in [9.17, 15) is 0 Å². The first-order valence-electron chi connectivity index (χ1n) is 6.00. The van der Waals surface area contributed by atoms with Gasteiger partial charge in [0.2, 0.25) is 0 Å². The first-order valence-corrected chi connectivity index (χ1v) is 6.00. The number of benzene rings is 1. The Morgan fingerprint density at radius 2 is 2.00 bits per heavy atom. The van der Waals surface area contributed by atoms with E-state index in [-0.39, 0.29) is 0 Å². The van der Waals surface area contributed by atoms with Crippen LogP contribution in [0.5, 0.6) is 0 Å². The molecule has 0 atom stereocenters. The number of hydrogen-bond donors (Lipinski definition) is 1. The number of pyridine rings is 1. The monoisotopic (exact) mass is 237 g/mol. The molecule has 0 aliphatic heterocycles. The van der Waals surface area contributed by atoms with Gasteiger partial charge in [0.15, 0.2) is 0 Å². The summed E-state index contributed by atoms with van der Waals surface area (Å²) >= 11 is 0. The molecule has 0 saturated heterocycles. The van der Waals surface area contributed by atoms with Crippen LogP contribution in [0.2, 0.25) is 0 Å². The molecule has 0 unspecified atom stereocenters. The summed E-state index contributed by atoms with van der Waals surface area (Å²) in [4.78, 5) is 4.04. The molecule has 0 aliphatic carbocycles. The van der Waals surface area contributed by atoms with Crippen molar-refractivity contribution in [2.45, 2.75) is 19.9 Å². The third-order valence-corrected chi connectivity index (χ3v) is 2.84. The van der Waals surface area contributed by atoms with E-state index in [2.05, 4.69) is 47.6 Å². The molecular weight excluding hydrogens is 222 g/mol. The Bertz CT molecular complexity index is 553. The zero-order chi connectivity index (χ0) is 12.8. The predicted molar refractivity (Wildman–Crippen MR) is 72.1 cm³/mol. The summed E-state index contributed by atoms with van der Waals surface area (Å²) in [7, 11) is 0. The number of nitrogens with zero attached hydrogens (tertiary/aromatic N) is 2. The van der Waals surface area contributed by atoms with Gasteiger partial charge in [-0.05, 0) is 30.2 Å². The second-order valence-electron chi connectivity index (χ2n) is 4.03. The molecule has 2 rings (SSSR count). The van der Waals surface area contributed by atoms with Crippen LogP contribution >= 0.6 is 0 Å². The van der Waals surface area contributed by atoms with Crippen LogP contribution in [-0.4, -0.2) is 4.98 Å². The Morgan fingerprint density at radius 3 is 2.67 bits per heavy atom. The lowest BCUT2D eigenvalue weighted by atomic mass is 10.1. The van der Waals surface area contributed by atoms with E-state index < -0.39 is 0 Å². The van der Waals surface area contributed by atoms with Gasteiger partial charge in [0.05, 0.1) is 0 Å². The first-order chi connectivity index (χ1) is 8.83. The van der Waals surface area contributed by atoms with Gasteiger partial charge in [-0.1, -0.05) is 25.1 Å². The number of hydrogen-bond acceptors (Lipinski definition) is 3. The van der Waals surface area contributed by atoms with Crippen molar-refractivity contribution in [2.75, 3.05) is 5.32 Å². The highest BCUT2D eigenvalue weighted by Crippen LogP contribution is 2.12. The number of anilines is 1. The average Bonchev–Trinajstić information content (AvgIpc) is 2.46. The first kappa shape index (κ1) is 12.1. The molecular formula is C15H15N3. The van der Waals surface area contributed by atoms with Crippen LogP contribution in [0.4, 0.5) is 5.69 Å². The van der Waals surface area contributed by atoms with Gasteiger partial charge in [0.25, 0.3) is 0 Å². The fraction of sp³-hybridized carbons (Fsp3) is 0.200. The van der Waals surface area contributed by atoms with Crippen molar-refractivity contribution in [1.29, 1.82) is 5.26 Å². The third kappa shape index (κ3) is 2.86. The number of aromatic nitrogens is 1. The lowest BCUT2D eigenvalue weighted by Crippen LogP contribution is -2.02. The van der Waals surface area contributed by atoms with E-state index in [4.69, 9.17) is 5.26 Å². The van der Waals surface area contributed by atoms with E-state index in [0.717, 1.165) is 17.7 Å². The zero-order valence-electron chi connectivity index (χ0n) is 10.4. The molecule has 18 heavy (non-hydrogen) atoms. The lowest BCUT2D eigenvalue weighted by molar-refractivity contribution is 1.08. The highest BCUT2D eigenvalue weighted by atomic mass is 14.9. The Labute approximate surface area is 107 Å². The van der Waals surface area contributed by atoms with Crippen LogP contribution in [0, 0.1) is 11.3 Å². The summed E-state index contributed by atoms with van der Waals surface area (Å²) in [6.07, 6.45) is 2.68. The second kappa shape index (κ2) is 5.83. The van der Waals surface area contributed by atoms with Crippen molar-refractivity contribution < 1.29 is 0 Å². The van der Waals surface area contributed by atoms with Crippen LogP contribution in [0.3, 0.4) is 0 Å². The number of nitrogens with one attached hydrogen (secondary N) is 1. The molecule has 0 saturated carbocycles.